The second-order valence-electron chi connectivity index (χ2n) is 4.24. The second-order valence-corrected chi connectivity index (χ2v) is 5.47. The van der Waals surface area contributed by atoms with E-state index in [4.69, 9.17) is 14.2 Å². The molecule has 1 saturated heterocycles. The van der Waals surface area contributed by atoms with E-state index in [2.05, 4.69) is 6.92 Å². The summed E-state index contributed by atoms with van der Waals surface area (Å²) < 4.78 is 16.2. The normalized spacial score (nSPS) is 23.7. The first kappa shape index (κ1) is 12.6. The third kappa shape index (κ3) is 3.07. The molecule has 0 radical (unpaired) electrons. The van der Waals surface area contributed by atoms with E-state index in [0.29, 0.717) is 5.92 Å². The highest BCUT2D eigenvalue weighted by Gasteiger charge is 2.23. The largest absolute Gasteiger partial charge is 0.493 e. The highest BCUT2D eigenvalue weighted by molar-refractivity contribution is 7.99. The second kappa shape index (κ2) is 5.65. The van der Waals surface area contributed by atoms with Gasteiger partial charge in [-0.3, -0.25) is 0 Å². The fraction of sp³-hybridized carbons (Fsp3) is 0.538. The van der Waals surface area contributed by atoms with Crippen molar-refractivity contribution in [1.29, 1.82) is 0 Å². The Kier molecular flexibility index (Phi) is 4.18. The zero-order valence-corrected chi connectivity index (χ0v) is 11.3. The van der Waals surface area contributed by atoms with Crippen LogP contribution in [0, 0.1) is 5.92 Å². The Bertz CT molecular complexity index is 381. The van der Waals surface area contributed by atoms with Gasteiger partial charge in [0.2, 0.25) is 0 Å². The van der Waals surface area contributed by atoms with Crippen LogP contribution in [0.2, 0.25) is 0 Å². The zero-order valence-electron chi connectivity index (χ0n) is 10.4. The number of hydrogen-bond donors (Lipinski definition) is 0. The van der Waals surface area contributed by atoms with Crippen molar-refractivity contribution in [2.75, 3.05) is 20.8 Å². The summed E-state index contributed by atoms with van der Waals surface area (Å²) in [7, 11) is 3.30. The molecule has 0 N–H and O–H groups in total. The van der Waals surface area contributed by atoms with Gasteiger partial charge < -0.3 is 14.2 Å². The molecule has 0 aliphatic carbocycles. The minimum atomic E-state index is 0.267. The smallest absolute Gasteiger partial charge is 0.161 e. The molecule has 0 aromatic heterocycles. The highest BCUT2D eigenvalue weighted by Crippen LogP contribution is 2.37. The average molecular weight is 254 g/mol. The first-order chi connectivity index (χ1) is 8.22. The Hall–Kier alpha value is -0.870. The van der Waals surface area contributed by atoms with Gasteiger partial charge in [0.25, 0.3) is 0 Å². The third-order valence-electron chi connectivity index (χ3n) is 2.78. The molecule has 0 saturated carbocycles. The van der Waals surface area contributed by atoms with Crippen LogP contribution in [0.5, 0.6) is 11.5 Å². The van der Waals surface area contributed by atoms with Crippen molar-refractivity contribution in [3.8, 4) is 11.5 Å². The van der Waals surface area contributed by atoms with Gasteiger partial charge in [-0.15, -0.1) is 0 Å². The molecule has 1 unspecified atom stereocenters. The van der Waals surface area contributed by atoms with Crippen LogP contribution in [0.25, 0.3) is 0 Å². The van der Waals surface area contributed by atoms with Gasteiger partial charge in [-0.05, 0) is 30.5 Å². The molecule has 1 aliphatic rings. The lowest BCUT2D eigenvalue weighted by molar-refractivity contribution is 0.166. The lowest BCUT2D eigenvalue weighted by atomic mass is 10.2. The Morgan fingerprint density at radius 1 is 1.24 bits per heavy atom. The van der Waals surface area contributed by atoms with E-state index >= 15 is 0 Å². The van der Waals surface area contributed by atoms with E-state index in [-0.39, 0.29) is 5.44 Å². The van der Waals surface area contributed by atoms with Gasteiger partial charge in [-0.2, -0.15) is 0 Å². The van der Waals surface area contributed by atoms with Crippen molar-refractivity contribution < 1.29 is 14.2 Å². The van der Waals surface area contributed by atoms with Crippen LogP contribution < -0.4 is 9.47 Å². The molecule has 1 aliphatic heterocycles. The molecule has 1 heterocycles. The quantitative estimate of drug-likeness (QED) is 0.825. The van der Waals surface area contributed by atoms with E-state index in [1.54, 1.807) is 26.0 Å². The van der Waals surface area contributed by atoms with Crippen LogP contribution in [0.3, 0.4) is 0 Å². The minimum Gasteiger partial charge on any atom is -0.493 e. The highest BCUT2D eigenvalue weighted by atomic mass is 32.2. The van der Waals surface area contributed by atoms with Gasteiger partial charge >= 0.3 is 0 Å². The first-order valence-electron chi connectivity index (χ1n) is 5.73. The Morgan fingerprint density at radius 3 is 2.59 bits per heavy atom. The molecule has 0 bridgehead atoms. The molecule has 94 valence electrons. The maximum Gasteiger partial charge on any atom is 0.161 e. The molecule has 2 atom stereocenters. The van der Waals surface area contributed by atoms with Crippen molar-refractivity contribution >= 4 is 11.8 Å². The van der Waals surface area contributed by atoms with Gasteiger partial charge in [0.05, 0.1) is 20.8 Å². The number of benzene rings is 1. The van der Waals surface area contributed by atoms with Crippen LogP contribution in [-0.2, 0) is 4.74 Å². The molecule has 1 aromatic rings. The molecule has 1 fully saturated rings. The summed E-state index contributed by atoms with van der Waals surface area (Å²) in [6, 6.07) is 5.97. The molecular formula is C13H18O3S. The molecule has 3 nitrogen and oxygen atoms in total. The lowest BCUT2D eigenvalue weighted by Gasteiger charge is -2.12. The first-order valence-corrected chi connectivity index (χ1v) is 6.61. The van der Waals surface area contributed by atoms with E-state index in [1.165, 1.54) is 0 Å². The SMILES string of the molecule is COc1ccc(SC2C[C@@H](C)CO2)cc1OC. The maximum absolute atomic E-state index is 5.69. The summed E-state index contributed by atoms with van der Waals surface area (Å²) >= 11 is 1.75. The average Bonchev–Trinajstić information content (AvgIpc) is 2.74. The maximum atomic E-state index is 5.69. The fourth-order valence-corrected chi connectivity index (χ4v) is 3.06. The standard InChI is InChI=1S/C13H18O3S/c1-9-6-13(16-8-9)17-10-4-5-11(14-2)12(7-10)15-3/h4-5,7,9,13H,6,8H2,1-3H3/t9-,13?/m1/s1. The van der Waals surface area contributed by atoms with Gasteiger partial charge in [0.1, 0.15) is 5.44 Å². The van der Waals surface area contributed by atoms with Crippen LogP contribution in [-0.4, -0.2) is 26.3 Å². The summed E-state index contributed by atoms with van der Waals surface area (Å²) in [5.41, 5.74) is 0.267. The number of hydrogen-bond acceptors (Lipinski definition) is 4. The summed E-state index contributed by atoms with van der Waals surface area (Å²) in [5, 5.41) is 0. The van der Waals surface area contributed by atoms with Crippen LogP contribution >= 0.6 is 11.8 Å². The fourth-order valence-electron chi connectivity index (χ4n) is 1.86. The lowest BCUT2D eigenvalue weighted by Crippen LogP contribution is -1.98. The number of thioether (sulfide) groups is 1. The summed E-state index contributed by atoms with van der Waals surface area (Å²) in [6.45, 7) is 3.08. The summed E-state index contributed by atoms with van der Waals surface area (Å²) in [4.78, 5) is 1.15. The molecule has 2 rings (SSSR count). The van der Waals surface area contributed by atoms with Crippen LogP contribution in [0.15, 0.2) is 23.1 Å². The Labute approximate surface area is 106 Å². The predicted molar refractivity (Wildman–Crippen MR) is 68.9 cm³/mol. The van der Waals surface area contributed by atoms with E-state index in [1.807, 2.05) is 18.2 Å². The van der Waals surface area contributed by atoms with Gasteiger partial charge in [0, 0.05) is 4.90 Å². The Balaban J connectivity index is 2.06. The summed E-state index contributed by atoms with van der Waals surface area (Å²) in [6.07, 6.45) is 1.11. The van der Waals surface area contributed by atoms with Crippen molar-refractivity contribution in [2.24, 2.45) is 5.92 Å². The summed E-state index contributed by atoms with van der Waals surface area (Å²) in [5.74, 6) is 2.19. The molecular weight excluding hydrogens is 236 g/mol. The topological polar surface area (TPSA) is 27.7 Å². The van der Waals surface area contributed by atoms with E-state index in [9.17, 15) is 0 Å². The molecule has 0 amide bonds. The van der Waals surface area contributed by atoms with Gasteiger partial charge in [-0.25, -0.2) is 0 Å². The molecule has 17 heavy (non-hydrogen) atoms. The number of rotatable bonds is 4. The van der Waals surface area contributed by atoms with Crippen molar-refractivity contribution in [2.45, 2.75) is 23.7 Å². The van der Waals surface area contributed by atoms with Gasteiger partial charge in [0.15, 0.2) is 11.5 Å². The predicted octanol–water partition coefficient (Wildman–Crippen LogP) is 3.18. The molecule has 1 aromatic carbocycles. The monoisotopic (exact) mass is 254 g/mol. The van der Waals surface area contributed by atoms with Crippen LogP contribution in [0.1, 0.15) is 13.3 Å². The van der Waals surface area contributed by atoms with E-state index < -0.39 is 0 Å². The zero-order chi connectivity index (χ0) is 12.3. The number of ether oxygens (including phenoxy) is 3. The minimum absolute atomic E-state index is 0.267. The van der Waals surface area contributed by atoms with Crippen molar-refractivity contribution in [1.82, 2.24) is 0 Å². The third-order valence-corrected chi connectivity index (χ3v) is 3.90. The molecule has 0 spiro atoms. The molecule has 4 heteroatoms. The number of methoxy groups -OCH3 is 2. The van der Waals surface area contributed by atoms with E-state index in [0.717, 1.165) is 29.4 Å². The van der Waals surface area contributed by atoms with Crippen LogP contribution in [0.4, 0.5) is 0 Å². The van der Waals surface area contributed by atoms with Crippen molar-refractivity contribution in [3.05, 3.63) is 18.2 Å². The Morgan fingerprint density at radius 2 is 2.00 bits per heavy atom. The van der Waals surface area contributed by atoms with Crippen molar-refractivity contribution in [3.63, 3.8) is 0 Å². The van der Waals surface area contributed by atoms with Gasteiger partial charge in [-0.1, -0.05) is 18.7 Å².